The molecule has 1 atom stereocenters. The summed E-state index contributed by atoms with van der Waals surface area (Å²) in [5, 5.41) is 3.56. The van der Waals surface area contributed by atoms with E-state index in [0.29, 0.717) is 12.5 Å². The molecule has 120 valence electrons. The number of hydrogen-bond donors (Lipinski definition) is 1. The van der Waals surface area contributed by atoms with Crippen molar-refractivity contribution in [2.45, 2.75) is 6.42 Å². The van der Waals surface area contributed by atoms with Gasteiger partial charge >= 0.3 is 0 Å². The summed E-state index contributed by atoms with van der Waals surface area (Å²) in [7, 11) is 0. The van der Waals surface area contributed by atoms with Gasteiger partial charge in [-0.05, 0) is 48.7 Å². The average Bonchev–Trinajstić information content (AvgIpc) is 3.03. The van der Waals surface area contributed by atoms with E-state index in [4.69, 9.17) is 11.6 Å². The van der Waals surface area contributed by atoms with E-state index in [0.717, 1.165) is 30.2 Å². The molecule has 0 radical (unpaired) electrons. The highest BCUT2D eigenvalue weighted by Gasteiger charge is 2.23. The highest BCUT2D eigenvalue weighted by Crippen LogP contribution is 2.24. The molecule has 3 nitrogen and oxygen atoms in total. The van der Waals surface area contributed by atoms with Crippen LogP contribution in [0.25, 0.3) is 0 Å². The van der Waals surface area contributed by atoms with E-state index >= 15 is 0 Å². The number of benzene rings is 2. The molecular formula is C18H18ClFN2O. The number of rotatable bonds is 4. The van der Waals surface area contributed by atoms with Crippen molar-refractivity contribution in [1.29, 1.82) is 0 Å². The van der Waals surface area contributed by atoms with E-state index in [1.54, 1.807) is 12.1 Å². The third-order valence-corrected chi connectivity index (χ3v) is 4.40. The summed E-state index contributed by atoms with van der Waals surface area (Å²) < 4.78 is 13.6. The Bertz CT molecular complexity index is 690. The van der Waals surface area contributed by atoms with E-state index in [1.165, 1.54) is 12.1 Å². The van der Waals surface area contributed by atoms with Gasteiger partial charge in [0, 0.05) is 30.3 Å². The van der Waals surface area contributed by atoms with Gasteiger partial charge in [0.05, 0.1) is 5.56 Å². The zero-order chi connectivity index (χ0) is 16.2. The highest BCUT2D eigenvalue weighted by atomic mass is 35.5. The number of carbonyl (C=O) groups is 1. The van der Waals surface area contributed by atoms with Gasteiger partial charge in [0.25, 0.3) is 5.91 Å². The van der Waals surface area contributed by atoms with Crippen LogP contribution < -0.4 is 10.2 Å². The van der Waals surface area contributed by atoms with Crippen LogP contribution in [-0.2, 0) is 0 Å². The van der Waals surface area contributed by atoms with Gasteiger partial charge < -0.3 is 10.2 Å². The number of nitrogens with zero attached hydrogens (tertiary/aromatic N) is 1. The zero-order valence-corrected chi connectivity index (χ0v) is 13.4. The molecule has 1 aliphatic rings. The van der Waals surface area contributed by atoms with Crippen molar-refractivity contribution in [2.75, 3.05) is 24.5 Å². The van der Waals surface area contributed by atoms with E-state index in [2.05, 4.69) is 10.2 Å². The zero-order valence-electron chi connectivity index (χ0n) is 12.6. The van der Waals surface area contributed by atoms with Crippen molar-refractivity contribution in [2.24, 2.45) is 5.92 Å². The molecule has 0 bridgehead atoms. The molecule has 1 heterocycles. The molecule has 1 saturated heterocycles. The minimum Gasteiger partial charge on any atom is -0.371 e. The molecule has 0 aliphatic carbocycles. The Balaban J connectivity index is 1.53. The van der Waals surface area contributed by atoms with Crippen molar-refractivity contribution in [1.82, 2.24) is 5.32 Å². The Morgan fingerprint density at radius 2 is 1.96 bits per heavy atom. The Morgan fingerprint density at radius 3 is 2.70 bits per heavy atom. The number of nitrogens with one attached hydrogen (secondary N) is 1. The molecule has 1 amide bonds. The van der Waals surface area contributed by atoms with E-state index in [1.807, 2.05) is 24.3 Å². The first-order valence-corrected chi connectivity index (χ1v) is 8.04. The summed E-state index contributed by atoms with van der Waals surface area (Å²) in [5.41, 5.74) is 1.23. The predicted octanol–water partition coefficient (Wildman–Crippen LogP) is 3.74. The third kappa shape index (κ3) is 3.82. The normalized spacial score (nSPS) is 17.3. The summed E-state index contributed by atoms with van der Waals surface area (Å²) in [5.74, 6) is -0.478. The predicted molar refractivity (Wildman–Crippen MR) is 90.5 cm³/mol. The van der Waals surface area contributed by atoms with E-state index in [-0.39, 0.29) is 11.5 Å². The van der Waals surface area contributed by atoms with Gasteiger partial charge in [-0.1, -0.05) is 23.7 Å². The average molecular weight is 333 g/mol. The van der Waals surface area contributed by atoms with Gasteiger partial charge in [-0.2, -0.15) is 0 Å². The molecule has 3 rings (SSSR count). The molecule has 5 heteroatoms. The van der Waals surface area contributed by atoms with E-state index < -0.39 is 5.82 Å². The molecule has 1 aliphatic heterocycles. The van der Waals surface area contributed by atoms with Crippen molar-refractivity contribution in [3.05, 3.63) is 64.9 Å². The maximum Gasteiger partial charge on any atom is 0.254 e. The second-order valence-electron chi connectivity index (χ2n) is 5.77. The topological polar surface area (TPSA) is 32.3 Å². The number of anilines is 1. The first kappa shape index (κ1) is 15.8. The van der Waals surface area contributed by atoms with Crippen LogP contribution in [0.3, 0.4) is 0 Å². The van der Waals surface area contributed by atoms with Crippen molar-refractivity contribution in [3.8, 4) is 0 Å². The number of carbonyl (C=O) groups excluding carboxylic acids is 1. The molecule has 0 aromatic heterocycles. The van der Waals surface area contributed by atoms with Crippen LogP contribution in [0.15, 0.2) is 48.5 Å². The summed E-state index contributed by atoms with van der Waals surface area (Å²) in [6, 6.07) is 13.8. The lowest BCUT2D eigenvalue weighted by Crippen LogP contribution is -2.31. The molecule has 1 N–H and O–H groups in total. The number of hydrogen-bond acceptors (Lipinski definition) is 2. The quantitative estimate of drug-likeness (QED) is 0.925. The standard InChI is InChI=1S/C18H18ClFN2O/c19-14-5-7-15(8-6-14)22-10-9-13(12-22)11-21-18(23)16-3-1-2-4-17(16)20/h1-8,13H,9-12H2,(H,21,23). The lowest BCUT2D eigenvalue weighted by Gasteiger charge is -2.19. The van der Waals surface area contributed by atoms with Crippen LogP contribution in [0.1, 0.15) is 16.8 Å². The number of amides is 1. The maximum atomic E-state index is 13.6. The van der Waals surface area contributed by atoms with Crippen LogP contribution in [-0.4, -0.2) is 25.5 Å². The van der Waals surface area contributed by atoms with Gasteiger partial charge in [0.1, 0.15) is 5.82 Å². The fourth-order valence-corrected chi connectivity index (χ4v) is 2.99. The molecule has 23 heavy (non-hydrogen) atoms. The van der Waals surface area contributed by atoms with Crippen LogP contribution in [0.2, 0.25) is 5.02 Å². The van der Waals surface area contributed by atoms with Gasteiger partial charge in [0.15, 0.2) is 0 Å². The monoisotopic (exact) mass is 332 g/mol. The lowest BCUT2D eigenvalue weighted by atomic mass is 10.1. The second-order valence-corrected chi connectivity index (χ2v) is 6.20. The highest BCUT2D eigenvalue weighted by molar-refractivity contribution is 6.30. The minimum absolute atomic E-state index is 0.0973. The van der Waals surface area contributed by atoms with E-state index in [9.17, 15) is 9.18 Å². The SMILES string of the molecule is O=C(NCC1CCN(c2ccc(Cl)cc2)C1)c1ccccc1F. The van der Waals surface area contributed by atoms with Crippen molar-refractivity contribution in [3.63, 3.8) is 0 Å². The molecule has 2 aromatic carbocycles. The third-order valence-electron chi connectivity index (χ3n) is 4.15. The maximum absolute atomic E-state index is 13.6. The molecule has 0 saturated carbocycles. The Labute approximate surface area is 140 Å². The molecule has 0 spiro atoms. The smallest absolute Gasteiger partial charge is 0.254 e. The molecule has 2 aromatic rings. The summed E-state index contributed by atoms with van der Waals surface area (Å²) in [6.07, 6.45) is 1.00. The Morgan fingerprint density at radius 1 is 1.22 bits per heavy atom. The summed E-state index contributed by atoms with van der Waals surface area (Å²) in [4.78, 5) is 14.3. The van der Waals surface area contributed by atoms with Gasteiger partial charge in [-0.15, -0.1) is 0 Å². The molecule has 1 fully saturated rings. The Hall–Kier alpha value is -2.07. The van der Waals surface area contributed by atoms with Gasteiger partial charge in [-0.3, -0.25) is 4.79 Å². The van der Waals surface area contributed by atoms with Crippen LogP contribution in [0.5, 0.6) is 0 Å². The van der Waals surface area contributed by atoms with Crippen LogP contribution in [0, 0.1) is 11.7 Å². The van der Waals surface area contributed by atoms with Gasteiger partial charge in [-0.25, -0.2) is 4.39 Å². The Kier molecular flexibility index (Phi) is 4.82. The van der Waals surface area contributed by atoms with Gasteiger partial charge in [0.2, 0.25) is 0 Å². The minimum atomic E-state index is -0.487. The lowest BCUT2D eigenvalue weighted by molar-refractivity contribution is 0.0944. The second kappa shape index (κ2) is 7.01. The fourth-order valence-electron chi connectivity index (χ4n) is 2.86. The first-order valence-electron chi connectivity index (χ1n) is 7.67. The summed E-state index contributed by atoms with van der Waals surface area (Å²) >= 11 is 5.91. The van der Waals surface area contributed by atoms with Crippen molar-refractivity contribution < 1.29 is 9.18 Å². The van der Waals surface area contributed by atoms with Crippen LogP contribution in [0.4, 0.5) is 10.1 Å². The number of halogens is 2. The first-order chi connectivity index (χ1) is 11.1. The molecular weight excluding hydrogens is 315 g/mol. The molecule has 1 unspecified atom stereocenters. The van der Waals surface area contributed by atoms with Crippen molar-refractivity contribution >= 4 is 23.2 Å². The fraction of sp³-hybridized carbons (Fsp3) is 0.278. The largest absolute Gasteiger partial charge is 0.371 e. The van der Waals surface area contributed by atoms with Crippen LogP contribution >= 0.6 is 11.6 Å². The summed E-state index contributed by atoms with van der Waals surface area (Å²) in [6.45, 7) is 2.37.